The van der Waals surface area contributed by atoms with Crippen LogP contribution in [0, 0.1) is 6.92 Å². The summed E-state index contributed by atoms with van der Waals surface area (Å²) < 4.78 is 5.48. The number of aryl methyl sites for hydroxylation is 1. The number of carbonyl (C=O) groups is 1. The lowest BCUT2D eigenvalue weighted by Gasteiger charge is -2.23. The van der Waals surface area contributed by atoms with Crippen molar-refractivity contribution in [3.8, 4) is 17.0 Å². The van der Waals surface area contributed by atoms with Crippen molar-refractivity contribution in [3.63, 3.8) is 0 Å². The molecular weight excluding hydrogens is 422 g/mol. The molecule has 0 bridgehead atoms. The Balaban J connectivity index is 1.81. The van der Waals surface area contributed by atoms with E-state index in [1.807, 2.05) is 56.3 Å². The molecule has 0 fully saturated rings. The second-order valence-corrected chi connectivity index (χ2v) is 8.28. The molecule has 5 nitrogen and oxygen atoms in total. The topological polar surface area (TPSA) is 55.3 Å². The highest BCUT2D eigenvalue weighted by molar-refractivity contribution is 6.30. The molecule has 0 atom stereocenters. The highest BCUT2D eigenvalue weighted by Gasteiger charge is 2.13. The van der Waals surface area contributed by atoms with Crippen LogP contribution in [-0.2, 0) is 11.3 Å². The van der Waals surface area contributed by atoms with Gasteiger partial charge in [-0.3, -0.25) is 4.79 Å². The van der Waals surface area contributed by atoms with Gasteiger partial charge < -0.3 is 9.64 Å². The van der Waals surface area contributed by atoms with Crippen LogP contribution in [0.1, 0.15) is 50.7 Å². The molecule has 6 heteroatoms. The standard InChI is InChI=1S/C26H30ClN3O2/c1-4-6-16-30(18-20-8-13-24(19(3)17-20)32-25(31)7-5-2)26-28-15-14-23(29-26)21-9-11-22(27)12-10-21/h8-15,17H,4-7,16,18H2,1-3H3. The monoisotopic (exact) mass is 451 g/mol. The molecule has 2 aromatic carbocycles. The minimum atomic E-state index is -0.194. The minimum Gasteiger partial charge on any atom is -0.426 e. The van der Waals surface area contributed by atoms with Gasteiger partial charge in [-0.25, -0.2) is 9.97 Å². The molecule has 0 amide bonds. The lowest BCUT2D eigenvalue weighted by molar-refractivity contribution is -0.134. The molecule has 0 spiro atoms. The van der Waals surface area contributed by atoms with Gasteiger partial charge in [-0.1, -0.05) is 56.1 Å². The second-order valence-electron chi connectivity index (χ2n) is 7.85. The lowest BCUT2D eigenvalue weighted by Crippen LogP contribution is -2.26. The number of rotatable bonds is 10. The van der Waals surface area contributed by atoms with Crippen molar-refractivity contribution < 1.29 is 9.53 Å². The SMILES string of the molecule is CCCCN(Cc1ccc(OC(=O)CCC)c(C)c1)c1nccc(-c2ccc(Cl)cc2)n1. The first-order valence-corrected chi connectivity index (χ1v) is 11.5. The predicted molar refractivity (Wildman–Crippen MR) is 130 cm³/mol. The van der Waals surface area contributed by atoms with Gasteiger partial charge in [0.1, 0.15) is 5.75 Å². The quantitative estimate of drug-likeness (QED) is 0.256. The normalized spacial score (nSPS) is 10.8. The van der Waals surface area contributed by atoms with Crippen LogP contribution in [0.25, 0.3) is 11.3 Å². The number of hydrogen-bond donors (Lipinski definition) is 0. The Bertz CT molecular complexity index is 1040. The number of anilines is 1. The first-order chi connectivity index (χ1) is 15.5. The summed E-state index contributed by atoms with van der Waals surface area (Å²) in [6.07, 6.45) is 5.12. The Hall–Kier alpha value is -2.92. The number of carbonyl (C=O) groups excluding carboxylic acids is 1. The highest BCUT2D eigenvalue weighted by atomic mass is 35.5. The number of aromatic nitrogens is 2. The molecule has 0 unspecified atom stereocenters. The number of esters is 1. The van der Waals surface area contributed by atoms with Crippen LogP contribution in [0.5, 0.6) is 5.75 Å². The predicted octanol–water partition coefficient (Wildman–Crippen LogP) is 6.62. The summed E-state index contributed by atoms with van der Waals surface area (Å²) in [5, 5.41) is 0.701. The first kappa shape index (κ1) is 23.7. The van der Waals surface area contributed by atoms with Gasteiger partial charge in [-0.15, -0.1) is 0 Å². The summed E-state index contributed by atoms with van der Waals surface area (Å²) in [5.41, 5.74) is 3.93. The zero-order valence-corrected chi connectivity index (χ0v) is 19.7. The molecule has 0 aliphatic heterocycles. The van der Waals surface area contributed by atoms with Gasteiger partial charge in [0.25, 0.3) is 0 Å². The molecule has 0 saturated carbocycles. The lowest BCUT2D eigenvalue weighted by atomic mass is 10.1. The molecule has 0 aliphatic carbocycles. The van der Waals surface area contributed by atoms with Crippen molar-refractivity contribution in [1.29, 1.82) is 0 Å². The number of hydrogen-bond acceptors (Lipinski definition) is 5. The van der Waals surface area contributed by atoms with Gasteiger partial charge in [0.15, 0.2) is 0 Å². The average molecular weight is 452 g/mol. The van der Waals surface area contributed by atoms with Crippen molar-refractivity contribution in [2.75, 3.05) is 11.4 Å². The van der Waals surface area contributed by atoms with Gasteiger partial charge in [0.05, 0.1) is 5.69 Å². The van der Waals surface area contributed by atoms with E-state index < -0.39 is 0 Å². The van der Waals surface area contributed by atoms with Gasteiger partial charge >= 0.3 is 5.97 Å². The van der Waals surface area contributed by atoms with E-state index in [0.717, 1.165) is 48.2 Å². The van der Waals surface area contributed by atoms with E-state index in [2.05, 4.69) is 22.9 Å². The van der Waals surface area contributed by atoms with E-state index in [1.54, 1.807) is 6.20 Å². The third-order valence-electron chi connectivity index (χ3n) is 5.14. The fraction of sp³-hybridized carbons (Fsp3) is 0.346. The Labute approximate surface area is 195 Å². The summed E-state index contributed by atoms with van der Waals surface area (Å²) >= 11 is 6.03. The molecule has 32 heavy (non-hydrogen) atoms. The number of unbranched alkanes of at least 4 members (excludes halogenated alkanes) is 1. The Kier molecular flexibility index (Phi) is 8.63. The summed E-state index contributed by atoms with van der Waals surface area (Å²) in [6, 6.07) is 15.5. The summed E-state index contributed by atoms with van der Waals surface area (Å²) in [7, 11) is 0. The molecule has 0 N–H and O–H groups in total. The molecular formula is C26H30ClN3O2. The molecule has 168 valence electrons. The fourth-order valence-electron chi connectivity index (χ4n) is 3.40. The van der Waals surface area contributed by atoms with Crippen LogP contribution >= 0.6 is 11.6 Å². The van der Waals surface area contributed by atoms with Crippen LogP contribution in [0.15, 0.2) is 54.7 Å². The van der Waals surface area contributed by atoms with E-state index in [0.29, 0.717) is 29.7 Å². The van der Waals surface area contributed by atoms with Gasteiger partial charge in [0.2, 0.25) is 5.95 Å². The van der Waals surface area contributed by atoms with E-state index in [-0.39, 0.29) is 5.97 Å². The van der Waals surface area contributed by atoms with Crippen LogP contribution < -0.4 is 9.64 Å². The average Bonchev–Trinajstić information content (AvgIpc) is 2.79. The third-order valence-corrected chi connectivity index (χ3v) is 5.39. The maximum Gasteiger partial charge on any atom is 0.311 e. The van der Waals surface area contributed by atoms with E-state index in [9.17, 15) is 4.79 Å². The first-order valence-electron chi connectivity index (χ1n) is 11.1. The third kappa shape index (κ3) is 6.54. The van der Waals surface area contributed by atoms with Crippen molar-refractivity contribution in [2.45, 2.75) is 53.0 Å². The minimum absolute atomic E-state index is 0.194. The van der Waals surface area contributed by atoms with Crippen LogP contribution in [-0.4, -0.2) is 22.5 Å². The largest absolute Gasteiger partial charge is 0.426 e. The Morgan fingerprint density at radius 2 is 1.84 bits per heavy atom. The van der Waals surface area contributed by atoms with Crippen molar-refractivity contribution in [3.05, 3.63) is 70.9 Å². The number of ether oxygens (including phenoxy) is 1. The van der Waals surface area contributed by atoms with Crippen molar-refractivity contribution in [1.82, 2.24) is 9.97 Å². The maximum absolute atomic E-state index is 11.8. The summed E-state index contributed by atoms with van der Waals surface area (Å²) in [5.74, 6) is 1.12. The highest BCUT2D eigenvalue weighted by Crippen LogP contribution is 2.24. The van der Waals surface area contributed by atoms with E-state index >= 15 is 0 Å². The molecule has 0 aliphatic rings. The number of benzene rings is 2. The van der Waals surface area contributed by atoms with E-state index in [4.69, 9.17) is 21.3 Å². The van der Waals surface area contributed by atoms with Crippen LogP contribution in [0.2, 0.25) is 5.02 Å². The zero-order valence-electron chi connectivity index (χ0n) is 19.0. The Morgan fingerprint density at radius 3 is 2.53 bits per heavy atom. The van der Waals surface area contributed by atoms with Crippen molar-refractivity contribution in [2.24, 2.45) is 0 Å². The fourth-order valence-corrected chi connectivity index (χ4v) is 3.53. The van der Waals surface area contributed by atoms with Crippen molar-refractivity contribution >= 4 is 23.5 Å². The van der Waals surface area contributed by atoms with Crippen LogP contribution in [0.3, 0.4) is 0 Å². The molecule has 0 saturated heterocycles. The molecule has 3 rings (SSSR count). The molecule has 1 aromatic heterocycles. The number of nitrogens with zero attached hydrogens (tertiary/aromatic N) is 3. The summed E-state index contributed by atoms with van der Waals surface area (Å²) in [6.45, 7) is 7.63. The zero-order chi connectivity index (χ0) is 22.9. The number of halogens is 1. The molecule has 3 aromatic rings. The maximum atomic E-state index is 11.8. The Morgan fingerprint density at radius 1 is 1.06 bits per heavy atom. The van der Waals surface area contributed by atoms with Gasteiger partial charge in [0, 0.05) is 36.3 Å². The van der Waals surface area contributed by atoms with Crippen LogP contribution in [0.4, 0.5) is 5.95 Å². The molecule has 0 radical (unpaired) electrons. The van der Waals surface area contributed by atoms with Gasteiger partial charge in [-0.05, 0) is 55.2 Å². The summed E-state index contributed by atoms with van der Waals surface area (Å²) in [4.78, 5) is 23.4. The smallest absolute Gasteiger partial charge is 0.311 e. The molecule has 1 heterocycles. The second kappa shape index (κ2) is 11.6. The van der Waals surface area contributed by atoms with E-state index in [1.165, 1.54) is 0 Å². The van der Waals surface area contributed by atoms with Gasteiger partial charge in [-0.2, -0.15) is 0 Å².